The summed E-state index contributed by atoms with van der Waals surface area (Å²) >= 11 is 0. The first kappa shape index (κ1) is 10.2. The molecule has 0 amide bonds. The van der Waals surface area contributed by atoms with Crippen LogP contribution in [0.1, 0.15) is 19.4 Å². The highest BCUT2D eigenvalue weighted by Crippen LogP contribution is 2.19. The normalized spacial score (nSPS) is 11.5. The Kier molecular flexibility index (Phi) is 2.73. The SMILES string of the molecule is CC(C)Cn1cc(CN)c2cccnc21. The lowest BCUT2D eigenvalue weighted by Gasteiger charge is -2.06. The third-order valence-electron chi connectivity index (χ3n) is 2.50. The molecule has 2 rings (SSSR count). The van der Waals surface area contributed by atoms with Crippen LogP contribution in [0.25, 0.3) is 11.0 Å². The maximum absolute atomic E-state index is 5.72. The van der Waals surface area contributed by atoms with Crippen LogP contribution in [0, 0.1) is 5.92 Å². The fraction of sp³-hybridized carbons (Fsp3) is 0.417. The number of hydrogen-bond acceptors (Lipinski definition) is 2. The molecular weight excluding hydrogens is 186 g/mol. The first-order valence-corrected chi connectivity index (χ1v) is 5.35. The van der Waals surface area contributed by atoms with E-state index < -0.39 is 0 Å². The van der Waals surface area contributed by atoms with Crippen molar-refractivity contribution in [3.63, 3.8) is 0 Å². The molecule has 0 saturated carbocycles. The molecule has 0 saturated heterocycles. The van der Waals surface area contributed by atoms with Crippen molar-refractivity contribution >= 4 is 11.0 Å². The van der Waals surface area contributed by atoms with Crippen LogP contribution in [-0.4, -0.2) is 9.55 Å². The summed E-state index contributed by atoms with van der Waals surface area (Å²) in [6.07, 6.45) is 3.96. The Hall–Kier alpha value is -1.35. The Morgan fingerprint density at radius 2 is 2.27 bits per heavy atom. The van der Waals surface area contributed by atoms with Gasteiger partial charge in [-0.25, -0.2) is 4.98 Å². The predicted octanol–water partition coefficient (Wildman–Crippen LogP) is 2.15. The molecule has 0 radical (unpaired) electrons. The van der Waals surface area contributed by atoms with E-state index in [9.17, 15) is 0 Å². The maximum atomic E-state index is 5.72. The van der Waals surface area contributed by atoms with Crippen molar-refractivity contribution in [1.82, 2.24) is 9.55 Å². The van der Waals surface area contributed by atoms with Gasteiger partial charge in [0.05, 0.1) is 0 Å². The van der Waals surface area contributed by atoms with Gasteiger partial charge in [-0.05, 0) is 23.6 Å². The van der Waals surface area contributed by atoms with Crippen molar-refractivity contribution in [3.8, 4) is 0 Å². The smallest absolute Gasteiger partial charge is 0.140 e. The highest BCUT2D eigenvalue weighted by Gasteiger charge is 2.08. The van der Waals surface area contributed by atoms with Crippen molar-refractivity contribution in [3.05, 3.63) is 30.1 Å². The molecule has 3 heteroatoms. The van der Waals surface area contributed by atoms with Crippen LogP contribution in [0.4, 0.5) is 0 Å². The zero-order chi connectivity index (χ0) is 10.8. The van der Waals surface area contributed by atoms with Gasteiger partial charge >= 0.3 is 0 Å². The van der Waals surface area contributed by atoms with Gasteiger partial charge in [-0.15, -0.1) is 0 Å². The fourth-order valence-electron chi connectivity index (χ4n) is 1.89. The van der Waals surface area contributed by atoms with Gasteiger partial charge in [0.15, 0.2) is 0 Å². The predicted molar refractivity (Wildman–Crippen MR) is 62.5 cm³/mol. The van der Waals surface area contributed by atoms with Gasteiger partial charge < -0.3 is 10.3 Å². The highest BCUT2D eigenvalue weighted by atomic mass is 15.0. The molecule has 0 aliphatic carbocycles. The van der Waals surface area contributed by atoms with Crippen LogP contribution in [-0.2, 0) is 13.1 Å². The summed E-state index contributed by atoms with van der Waals surface area (Å²) in [4.78, 5) is 4.41. The summed E-state index contributed by atoms with van der Waals surface area (Å²) in [6.45, 7) is 5.98. The second kappa shape index (κ2) is 4.03. The molecule has 0 aliphatic rings. The lowest BCUT2D eigenvalue weighted by Crippen LogP contribution is -2.03. The van der Waals surface area contributed by atoms with Gasteiger partial charge in [0, 0.05) is 30.9 Å². The van der Waals surface area contributed by atoms with Crippen LogP contribution in [0.15, 0.2) is 24.5 Å². The summed E-state index contributed by atoms with van der Waals surface area (Å²) in [7, 11) is 0. The summed E-state index contributed by atoms with van der Waals surface area (Å²) in [6, 6.07) is 4.04. The largest absolute Gasteiger partial charge is 0.332 e. The average molecular weight is 203 g/mol. The van der Waals surface area contributed by atoms with E-state index in [2.05, 4.69) is 35.7 Å². The van der Waals surface area contributed by atoms with Gasteiger partial charge in [-0.2, -0.15) is 0 Å². The Labute approximate surface area is 89.9 Å². The molecule has 15 heavy (non-hydrogen) atoms. The van der Waals surface area contributed by atoms with Crippen molar-refractivity contribution in [2.45, 2.75) is 26.9 Å². The number of hydrogen-bond donors (Lipinski definition) is 1. The van der Waals surface area contributed by atoms with Crippen LogP contribution >= 0.6 is 0 Å². The molecule has 2 aromatic rings. The number of pyridine rings is 1. The van der Waals surface area contributed by atoms with Crippen molar-refractivity contribution in [1.29, 1.82) is 0 Å². The summed E-state index contributed by atoms with van der Waals surface area (Å²) in [5.74, 6) is 0.619. The van der Waals surface area contributed by atoms with Crippen LogP contribution in [0.5, 0.6) is 0 Å². The van der Waals surface area contributed by atoms with Crippen molar-refractivity contribution < 1.29 is 0 Å². The number of nitrogens with two attached hydrogens (primary N) is 1. The molecule has 2 aromatic heterocycles. The van der Waals surface area contributed by atoms with Crippen LogP contribution < -0.4 is 5.73 Å². The van der Waals surface area contributed by atoms with Gasteiger partial charge in [0.2, 0.25) is 0 Å². The standard InChI is InChI=1S/C12H17N3/c1-9(2)7-15-8-10(6-13)11-4-3-5-14-12(11)15/h3-5,8-9H,6-7,13H2,1-2H3. The number of nitrogens with zero attached hydrogens (tertiary/aromatic N) is 2. The Morgan fingerprint density at radius 3 is 2.93 bits per heavy atom. The van der Waals surface area contributed by atoms with Crippen molar-refractivity contribution in [2.24, 2.45) is 11.7 Å². The number of aromatic nitrogens is 2. The average Bonchev–Trinajstić information content (AvgIpc) is 2.56. The minimum Gasteiger partial charge on any atom is -0.332 e. The van der Waals surface area contributed by atoms with E-state index in [0.29, 0.717) is 12.5 Å². The van der Waals surface area contributed by atoms with Crippen molar-refractivity contribution in [2.75, 3.05) is 0 Å². The molecule has 2 N–H and O–H groups in total. The lowest BCUT2D eigenvalue weighted by molar-refractivity contribution is 0.532. The quantitative estimate of drug-likeness (QED) is 0.830. The van der Waals surface area contributed by atoms with Gasteiger partial charge in [0.1, 0.15) is 5.65 Å². The molecule has 0 unspecified atom stereocenters. The molecule has 0 fully saturated rings. The number of fused-ring (bicyclic) bond motifs is 1. The van der Waals surface area contributed by atoms with E-state index in [-0.39, 0.29) is 0 Å². The highest BCUT2D eigenvalue weighted by molar-refractivity contribution is 5.80. The maximum Gasteiger partial charge on any atom is 0.140 e. The third-order valence-corrected chi connectivity index (χ3v) is 2.50. The molecule has 3 nitrogen and oxygen atoms in total. The topological polar surface area (TPSA) is 43.8 Å². The Bertz CT molecular complexity index is 457. The number of rotatable bonds is 3. The van der Waals surface area contributed by atoms with E-state index in [1.807, 2.05) is 12.3 Å². The Morgan fingerprint density at radius 1 is 1.47 bits per heavy atom. The summed E-state index contributed by atoms with van der Waals surface area (Å²) in [5, 5.41) is 1.18. The van der Waals surface area contributed by atoms with Gasteiger partial charge in [-0.1, -0.05) is 13.8 Å². The molecule has 2 heterocycles. The molecule has 0 atom stereocenters. The summed E-state index contributed by atoms with van der Waals surface area (Å²) in [5.41, 5.74) is 7.95. The minimum absolute atomic E-state index is 0.577. The lowest BCUT2D eigenvalue weighted by atomic mass is 10.2. The fourth-order valence-corrected chi connectivity index (χ4v) is 1.89. The van der Waals surface area contributed by atoms with E-state index >= 15 is 0 Å². The summed E-state index contributed by atoms with van der Waals surface area (Å²) < 4.78 is 2.20. The molecule has 0 aromatic carbocycles. The Balaban J connectivity index is 2.55. The zero-order valence-corrected chi connectivity index (χ0v) is 9.27. The second-order valence-electron chi connectivity index (χ2n) is 4.28. The molecule has 80 valence electrons. The minimum atomic E-state index is 0.577. The molecular formula is C12H17N3. The zero-order valence-electron chi connectivity index (χ0n) is 9.27. The van der Waals surface area contributed by atoms with Gasteiger partial charge in [0.25, 0.3) is 0 Å². The van der Waals surface area contributed by atoms with E-state index in [1.54, 1.807) is 0 Å². The third kappa shape index (κ3) is 1.88. The molecule has 0 spiro atoms. The monoisotopic (exact) mass is 203 g/mol. The second-order valence-corrected chi connectivity index (χ2v) is 4.28. The van der Waals surface area contributed by atoms with Gasteiger partial charge in [-0.3, -0.25) is 0 Å². The molecule has 0 aliphatic heterocycles. The van der Waals surface area contributed by atoms with E-state index in [1.165, 1.54) is 10.9 Å². The first-order valence-electron chi connectivity index (χ1n) is 5.35. The molecule has 0 bridgehead atoms. The first-order chi connectivity index (χ1) is 7.22. The van der Waals surface area contributed by atoms with E-state index in [0.717, 1.165) is 12.2 Å². The van der Waals surface area contributed by atoms with E-state index in [4.69, 9.17) is 5.73 Å². The van der Waals surface area contributed by atoms with Crippen LogP contribution in [0.3, 0.4) is 0 Å². The van der Waals surface area contributed by atoms with Crippen LogP contribution in [0.2, 0.25) is 0 Å².